The molecule has 0 atom stereocenters. The number of benzene rings is 1. The Morgan fingerprint density at radius 2 is 1.83 bits per heavy atom. The molecule has 5 nitrogen and oxygen atoms in total. The molecule has 0 aliphatic heterocycles. The van der Waals surface area contributed by atoms with Gasteiger partial charge in [0.25, 0.3) is 0 Å². The molecular weight excluding hydrogens is 228 g/mol. The van der Waals surface area contributed by atoms with Crippen molar-refractivity contribution in [1.82, 2.24) is 9.97 Å². The highest BCUT2D eigenvalue weighted by atomic mass is 16.5. The lowest BCUT2D eigenvalue weighted by Crippen LogP contribution is -2.13. The van der Waals surface area contributed by atoms with E-state index < -0.39 is 0 Å². The van der Waals surface area contributed by atoms with Gasteiger partial charge in [-0.15, -0.1) is 0 Å². The average Bonchev–Trinajstić information content (AvgIpc) is 2.46. The maximum atomic E-state index is 5.41. The van der Waals surface area contributed by atoms with Crippen LogP contribution in [0.25, 0.3) is 11.4 Å². The molecule has 0 aliphatic rings. The first-order chi connectivity index (χ1) is 8.83. The van der Waals surface area contributed by atoms with Crippen LogP contribution in [0.1, 0.15) is 0 Å². The van der Waals surface area contributed by atoms with E-state index in [9.17, 15) is 0 Å². The Kier molecular flexibility index (Phi) is 4.09. The summed E-state index contributed by atoms with van der Waals surface area (Å²) in [5, 5.41) is 3.12. The van der Waals surface area contributed by atoms with E-state index in [0.29, 0.717) is 18.9 Å². The van der Waals surface area contributed by atoms with E-state index in [1.807, 2.05) is 24.3 Å². The third kappa shape index (κ3) is 2.95. The van der Waals surface area contributed by atoms with Gasteiger partial charge in [-0.1, -0.05) is 0 Å². The molecule has 2 rings (SSSR count). The lowest BCUT2D eigenvalue weighted by atomic mass is 10.2. The number of nitrogens with two attached hydrogens (primary N) is 1. The van der Waals surface area contributed by atoms with Crippen molar-refractivity contribution >= 4 is 5.69 Å². The summed E-state index contributed by atoms with van der Waals surface area (Å²) in [6.07, 6.45) is 3.50. The zero-order valence-corrected chi connectivity index (χ0v) is 10.3. The molecule has 1 aromatic carbocycles. The van der Waals surface area contributed by atoms with Gasteiger partial charge >= 0.3 is 0 Å². The van der Waals surface area contributed by atoms with E-state index in [4.69, 9.17) is 10.5 Å². The van der Waals surface area contributed by atoms with E-state index in [1.165, 1.54) is 0 Å². The van der Waals surface area contributed by atoms with Gasteiger partial charge in [0.15, 0.2) is 5.82 Å². The van der Waals surface area contributed by atoms with Crippen LogP contribution in [0.2, 0.25) is 0 Å². The number of nitrogens with zero attached hydrogens (tertiary/aromatic N) is 2. The van der Waals surface area contributed by atoms with Crippen molar-refractivity contribution in [1.29, 1.82) is 0 Å². The average molecular weight is 244 g/mol. The monoisotopic (exact) mass is 244 g/mol. The zero-order chi connectivity index (χ0) is 12.8. The normalized spacial score (nSPS) is 10.1. The summed E-state index contributed by atoms with van der Waals surface area (Å²) in [6, 6.07) is 7.64. The van der Waals surface area contributed by atoms with Crippen LogP contribution in [0, 0.1) is 0 Å². The van der Waals surface area contributed by atoms with Crippen LogP contribution in [0.3, 0.4) is 0 Å². The lowest BCUT2D eigenvalue weighted by molar-refractivity contribution is 0.415. The SMILES string of the molecule is COc1ccc(-c2ncc(NCCN)cn2)cc1. The van der Waals surface area contributed by atoms with Crippen LogP contribution >= 0.6 is 0 Å². The van der Waals surface area contributed by atoms with Crippen molar-refractivity contribution < 1.29 is 4.74 Å². The minimum atomic E-state index is 0.584. The fourth-order valence-electron chi connectivity index (χ4n) is 1.52. The summed E-state index contributed by atoms with van der Waals surface area (Å²) in [7, 11) is 1.64. The second-order valence-electron chi connectivity index (χ2n) is 3.74. The number of rotatable bonds is 5. The first kappa shape index (κ1) is 12.3. The number of aromatic nitrogens is 2. The number of hydrogen-bond acceptors (Lipinski definition) is 5. The summed E-state index contributed by atoms with van der Waals surface area (Å²) >= 11 is 0. The number of hydrogen-bond donors (Lipinski definition) is 2. The third-order valence-electron chi connectivity index (χ3n) is 2.47. The number of methoxy groups -OCH3 is 1. The topological polar surface area (TPSA) is 73.1 Å². The van der Waals surface area contributed by atoms with Gasteiger partial charge in [-0.25, -0.2) is 9.97 Å². The van der Waals surface area contributed by atoms with Crippen LogP contribution in [0.4, 0.5) is 5.69 Å². The van der Waals surface area contributed by atoms with Gasteiger partial charge in [0.1, 0.15) is 5.75 Å². The molecule has 0 spiro atoms. The molecule has 0 saturated carbocycles. The van der Waals surface area contributed by atoms with Crippen molar-refractivity contribution in [2.24, 2.45) is 5.73 Å². The lowest BCUT2D eigenvalue weighted by Gasteiger charge is -2.05. The molecule has 18 heavy (non-hydrogen) atoms. The second kappa shape index (κ2) is 5.97. The number of ether oxygens (including phenoxy) is 1. The molecule has 0 radical (unpaired) electrons. The van der Waals surface area contributed by atoms with E-state index in [1.54, 1.807) is 19.5 Å². The molecule has 5 heteroatoms. The third-order valence-corrected chi connectivity index (χ3v) is 2.47. The van der Waals surface area contributed by atoms with Gasteiger partial charge in [0, 0.05) is 18.7 Å². The van der Waals surface area contributed by atoms with Crippen molar-refractivity contribution in [3.8, 4) is 17.1 Å². The van der Waals surface area contributed by atoms with Crippen molar-refractivity contribution in [3.05, 3.63) is 36.7 Å². The van der Waals surface area contributed by atoms with Crippen LogP contribution in [0.15, 0.2) is 36.7 Å². The second-order valence-corrected chi connectivity index (χ2v) is 3.74. The Morgan fingerprint density at radius 3 is 2.39 bits per heavy atom. The molecule has 2 aromatic rings. The quantitative estimate of drug-likeness (QED) is 0.834. The van der Waals surface area contributed by atoms with E-state index >= 15 is 0 Å². The predicted molar refractivity (Wildman–Crippen MR) is 71.6 cm³/mol. The van der Waals surface area contributed by atoms with Crippen LogP contribution in [0.5, 0.6) is 5.75 Å². The van der Waals surface area contributed by atoms with Gasteiger partial charge < -0.3 is 15.8 Å². The highest BCUT2D eigenvalue weighted by Crippen LogP contribution is 2.19. The molecule has 3 N–H and O–H groups in total. The summed E-state index contributed by atoms with van der Waals surface area (Å²) < 4.78 is 5.11. The van der Waals surface area contributed by atoms with Crippen molar-refractivity contribution in [2.45, 2.75) is 0 Å². The molecule has 1 aromatic heterocycles. The molecule has 0 fully saturated rings. The van der Waals surface area contributed by atoms with Crippen LogP contribution < -0.4 is 15.8 Å². The smallest absolute Gasteiger partial charge is 0.159 e. The maximum absolute atomic E-state index is 5.41. The van der Waals surface area contributed by atoms with Gasteiger partial charge in [0.05, 0.1) is 25.2 Å². The van der Waals surface area contributed by atoms with Gasteiger partial charge in [-0.2, -0.15) is 0 Å². The van der Waals surface area contributed by atoms with Gasteiger partial charge in [0.2, 0.25) is 0 Å². The van der Waals surface area contributed by atoms with E-state index in [-0.39, 0.29) is 0 Å². The minimum absolute atomic E-state index is 0.584. The number of nitrogens with one attached hydrogen (secondary N) is 1. The summed E-state index contributed by atoms with van der Waals surface area (Å²) in [6.45, 7) is 1.30. The molecule has 0 aliphatic carbocycles. The Labute approximate surface area is 106 Å². The molecular formula is C13H16N4O. The van der Waals surface area contributed by atoms with Crippen molar-refractivity contribution in [2.75, 3.05) is 25.5 Å². The highest BCUT2D eigenvalue weighted by molar-refractivity contribution is 5.57. The largest absolute Gasteiger partial charge is 0.497 e. The maximum Gasteiger partial charge on any atom is 0.159 e. The molecule has 94 valence electrons. The van der Waals surface area contributed by atoms with Gasteiger partial charge in [-0.3, -0.25) is 0 Å². The van der Waals surface area contributed by atoms with E-state index in [0.717, 1.165) is 17.0 Å². The van der Waals surface area contributed by atoms with Gasteiger partial charge in [-0.05, 0) is 24.3 Å². The molecule has 0 unspecified atom stereocenters. The molecule has 0 bridgehead atoms. The Bertz CT molecular complexity index is 481. The summed E-state index contributed by atoms with van der Waals surface area (Å²) in [4.78, 5) is 8.60. The van der Waals surface area contributed by atoms with Crippen LogP contribution in [-0.4, -0.2) is 30.2 Å². The Morgan fingerprint density at radius 1 is 1.17 bits per heavy atom. The molecule has 0 amide bonds. The standard InChI is InChI=1S/C13H16N4O/c1-18-12-4-2-10(3-5-12)13-16-8-11(9-17-13)15-7-6-14/h2-5,8-9,15H,6-7,14H2,1H3. The van der Waals surface area contributed by atoms with E-state index in [2.05, 4.69) is 15.3 Å². The van der Waals surface area contributed by atoms with Crippen LogP contribution in [-0.2, 0) is 0 Å². The number of anilines is 1. The summed E-state index contributed by atoms with van der Waals surface area (Å²) in [5.41, 5.74) is 7.24. The first-order valence-corrected chi connectivity index (χ1v) is 5.74. The fraction of sp³-hybridized carbons (Fsp3) is 0.231. The molecule has 0 saturated heterocycles. The summed E-state index contributed by atoms with van der Waals surface area (Å²) in [5.74, 6) is 1.51. The highest BCUT2D eigenvalue weighted by Gasteiger charge is 2.01. The Hall–Kier alpha value is -2.14. The zero-order valence-electron chi connectivity index (χ0n) is 10.3. The molecule has 1 heterocycles. The van der Waals surface area contributed by atoms with Crippen molar-refractivity contribution in [3.63, 3.8) is 0 Å². The minimum Gasteiger partial charge on any atom is -0.497 e. The first-order valence-electron chi connectivity index (χ1n) is 5.74. The fourth-order valence-corrected chi connectivity index (χ4v) is 1.52. The predicted octanol–water partition coefficient (Wildman–Crippen LogP) is 1.52. The Balaban J connectivity index is 2.12.